The minimum absolute atomic E-state index is 0.420. The van der Waals surface area contributed by atoms with E-state index in [9.17, 15) is 4.79 Å². The maximum absolute atomic E-state index is 12.2. The summed E-state index contributed by atoms with van der Waals surface area (Å²) in [5, 5.41) is 3.48. The molecule has 1 spiro atoms. The van der Waals surface area contributed by atoms with E-state index < -0.39 is 0 Å². The van der Waals surface area contributed by atoms with Crippen LogP contribution in [0.1, 0.15) is 32.1 Å². The molecule has 1 amide bonds. The van der Waals surface area contributed by atoms with Gasteiger partial charge in [-0.05, 0) is 31.1 Å². The predicted octanol–water partition coefficient (Wildman–Crippen LogP) is 0.749. The molecule has 2 aliphatic carbocycles. The van der Waals surface area contributed by atoms with Crippen LogP contribution in [0.3, 0.4) is 0 Å². The molecule has 2 saturated carbocycles. The van der Waals surface area contributed by atoms with Gasteiger partial charge in [0.2, 0.25) is 5.91 Å². The average molecular weight is 206 g/mol. The van der Waals surface area contributed by atoms with Gasteiger partial charge >= 0.3 is 0 Å². The Hall–Kier alpha value is -0.570. The zero-order valence-corrected chi connectivity index (χ0v) is 9.04. The van der Waals surface area contributed by atoms with Crippen LogP contribution < -0.4 is 5.32 Å². The number of nitrogens with zero attached hydrogens (tertiary/aromatic N) is 1. The van der Waals surface area contributed by atoms with Crippen molar-refractivity contribution in [3.05, 3.63) is 0 Å². The minimum atomic E-state index is 0.420. The SMILES string of the molecule is O=C(C1CC12CCC2)N1CC2CC(C1)N2. The minimum Gasteiger partial charge on any atom is -0.339 e. The Morgan fingerprint density at radius 2 is 1.93 bits per heavy atom. The highest BCUT2D eigenvalue weighted by molar-refractivity contribution is 5.83. The second kappa shape index (κ2) is 2.57. The van der Waals surface area contributed by atoms with Crippen LogP contribution in [-0.2, 0) is 4.79 Å². The first-order chi connectivity index (χ1) is 7.27. The van der Waals surface area contributed by atoms with Crippen molar-refractivity contribution in [1.29, 1.82) is 0 Å². The molecule has 82 valence electrons. The summed E-state index contributed by atoms with van der Waals surface area (Å²) < 4.78 is 0. The standard InChI is InChI=1S/C12H18N2O/c15-11(10-5-12(10)2-1-3-12)14-6-8-4-9(7-14)13-8/h8-10,13H,1-7H2. The molecule has 3 heteroatoms. The van der Waals surface area contributed by atoms with E-state index >= 15 is 0 Å². The quantitative estimate of drug-likeness (QED) is 0.686. The molecule has 1 N–H and O–H groups in total. The van der Waals surface area contributed by atoms with Crippen LogP contribution in [0.5, 0.6) is 0 Å². The molecule has 3 aliphatic heterocycles. The zero-order chi connectivity index (χ0) is 10.0. The van der Waals surface area contributed by atoms with Crippen molar-refractivity contribution in [2.75, 3.05) is 13.1 Å². The van der Waals surface area contributed by atoms with E-state index in [-0.39, 0.29) is 0 Å². The highest BCUT2D eigenvalue weighted by Gasteiger charge is 2.62. The van der Waals surface area contributed by atoms with Crippen LogP contribution in [0.4, 0.5) is 0 Å². The van der Waals surface area contributed by atoms with Gasteiger partial charge in [-0.15, -0.1) is 0 Å². The van der Waals surface area contributed by atoms with Gasteiger partial charge in [-0.3, -0.25) is 4.79 Å². The van der Waals surface area contributed by atoms with Gasteiger partial charge < -0.3 is 10.2 Å². The molecule has 0 radical (unpaired) electrons. The Labute approximate surface area is 90.2 Å². The van der Waals surface area contributed by atoms with Crippen molar-refractivity contribution in [2.24, 2.45) is 11.3 Å². The number of amides is 1. The first-order valence-electron chi connectivity index (χ1n) is 6.32. The third-order valence-corrected chi connectivity index (χ3v) is 5.07. The monoisotopic (exact) mass is 206 g/mol. The van der Waals surface area contributed by atoms with Crippen molar-refractivity contribution in [1.82, 2.24) is 10.2 Å². The second-order valence-electron chi connectivity index (χ2n) is 6.01. The lowest BCUT2D eigenvalue weighted by molar-refractivity contribution is -0.138. The lowest BCUT2D eigenvalue weighted by atomic mass is 9.79. The molecule has 3 heterocycles. The first kappa shape index (κ1) is 8.57. The number of nitrogens with one attached hydrogen (secondary N) is 1. The van der Waals surface area contributed by atoms with Crippen LogP contribution in [-0.4, -0.2) is 36.0 Å². The Bertz CT molecular complexity index is 308. The van der Waals surface area contributed by atoms with E-state index in [1.54, 1.807) is 0 Å². The molecule has 3 saturated heterocycles. The van der Waals surface area contributed by atoms with Gasteiger partial charge in [0.05, 0.1) is 0 Å². The van der Waals surface area contributed by atoms with Gasteiger partial charge in [0.25, 0.3) is 0 Å². The molecule has 5 rings (SSSR count). The molecule has 2 bridgehead atoms. The third-order valence-electron chi connectivity index (χ3n) is 5.07. The second-order valence-corrected chi connectivity index (χ2v) is 6.01. The largest absolute Gasteiger partial charge is 0.339 e. The molecule has 5 fully saturated rings. The summed E-state index contributed by atoms with van der Waals surface area (Å²) in [7, 11) is 0. The van der Waals surface area contributed by atoms with Crippen LogP contribution >= 0.6 is 0 Å². The van der Waals surface area contributed by atoms with Crippen LogP contribution in [0.25, 0.3) is 0 Å². The van der Waals surface area contributed by atoms with Crippen molar-refractivity contribution < 1.29 is 4.79 Å². The van der Waals surface area contributed by atoms with Gasteiger partial charge in [-0.1, -0.05) is 6.42 Å². The third kappa shape index (κ3) is 1.07. The lowest BCUT2D eigenvalue weighted by Gasteiger charge is -2.48. The molecule has 3 nitrogen and oxygen atoms in total. The number of fused-ring (bicyclic) bond motifs is 2. The predicted molar refractivity (Wildman–Crippen MR) is 56.3 cm³/mol. The van der Waals surface area contributed by atoms with E-state index in [1.165, 1.54) is 32.1 Å². The van der Waals surface area contributed by atoms with Crippen molar-refractivity contribution in [3.8, 4) is 0 Å². The van der Waals surface area contributed by atoms with Crippen LogP contribution in [0, 0.1) is 11.3 Å². The van der Waals surface area contributed by atoms with E-state index in [4.69, 9.17) is 0 Å². The number of hydrogen-bond acceptors (Lipinski definition) is 2. The summed E-state index contributed by atoms with van der Waals surface area (Å²) in [6, 6.07) is 1.23. The topological polar surface area (TPSA) is 32.3 Å². The normalized spacial score (nSPS) is 44.5. The fourth-order valence-electron chi connectivity index (χ4n) is 3.79. The molecular weight excluding hydrogens is 188 g/mol. The Kier molecular flexibility index (Phi) is 1.47. The maximum atomic E-state index is 12.2. The van der Waals surface area contributed by atoms with Crippen molar-refractivity contribution in [2.45, 2.75) is 44.2 Å². The van der Waals surface area contributed by atoms with Gasteiger partial charge in [0.15, 0.2) is 0 Å². The molecule has 3 unspecified atom stereocenters. The van der Waals surface area contributed by atoms with Gasteiger partial charge in [-0.25, -0.2) is 0 Å². The summed E-state index contributed by atoms with van der Waals surface area (Å²) in [6.45, 7) is 1.95. The zero-order valence-electron chi connectivity index (χ0n) is 9.04. The van der Waals surface area contributed by atoms with Gasteiger partial charge in [-0.2, -0.15) is 0 Å². The highest BCUT2D eigenvalue weighted by Crippen LogP contribution is 2.66. The maximum Gasteiger partial charge on any atom is 0.226 e. The summed E-state index contributed by atoms with van der Waals surface area (Å²) in [5.41, 5.74) is 0.506. The number of hydrogen-bond donors (Lipinski definition) is 1. The molecule has 0 aromatic rings. The van der Waals surface area contributed by atoms with Gasteiger partial charge in [0, 0.05) is 31.1 Å². The fraction of sp³-hybridized carbons (Fsp3) is 0.917. The molecular formula is C12H18N2O. The average Bonchev–Trinajstić information content (AvgIpc) is 2.90. The summed E-state index contributed by atoms with van der Waals surface area (Å²) in [5.74, 6) is 0.898. The van der Waals surface area contributed by atoms with E-state index in [1.807, 2.05) is 0 Å². The van der Waals surface area contributed by atoms with E-state index in [0.717, 1.165) is 13.1 Å². The summed E-state index contributed by atoms with van der Waals surface area (Å²) >= 11 is 0. The molecule has 0 aromatic carbocycles. The Morgan fingerprint density at radius 1 is 1.27 bits per heavy atom. The number of carbonyl (C=O) groups is 1. The number of rotatable bonds is 1. The number of carbonyl (C=O) groups excluding carboxylic acids is 1. The summed E-state index contributed by atoms with van der Waals surface area (Å²) in [6.07, 6.45) is 6.49. The van der Waals surface area contributed by atoms with Crippen molar-refractivity contribution >= 4 is 5.91 Å². The Balaban J connectivity index is 1.43. The fourth-order valence-corrected chi connectivity index (χ4v) is 3.79. The number of piperazine rings is 1. The van der Waals surface area contributed by atoms with Crippen molar-refractivity contribution in [3.63, 3.8) is 0 Å². The molecule has 0 aromatic heterocycles. The van der Waals surface area contributed by atoms with Gasteiger partial charge in [0.1, 0.15) is 0 Å². The summed E-state index contributed by atoms with van der Waals surface area (Å²) in [4.78, 5) is 14.4. The molecule has 5 aliphatic rings. The first-order valence-corrected chi connectivity index (χ1v) is 6.32. The van der Waals surface area contributed by atoms with Crippen LogP contribution in [0.15, 0.2) is 0 Å². The van der Waals surface area contributed by atoms with E-state index in [2.05, 4.69) is 10.2 Å². The Morgan fingerprint density at radius 3 is 2.40 bits per heavy atom. The smallest absolute Gasteiger partial charge is 0.226 e. The number of piperidine rings is 1. The highest BCUT2D eigenvalue weighted by atomic mass is 16.2. The molecule has 15 heavy (non-hydrogen) atoms. The van der Waals surface area contributed by atoms with E-state index in [0.29, 0.717) is 29.3 Å². The molecule has 3 atom stereocenters. The van der Waals surface area contributed by atoms with Crippen LogP contribution in [0.2, 0.25) is 0 Å². The lowest BCUT2D eigenvalue weighted by Crippen LogP contribution is -2.67.